The van der Waals surface area contributed by atoms with E-state index in [1.54, 1.807) is 0 Å². The molecule has 10 heteroatoms. The van der Waals surface area contributed by atoms with Crippen molar-refractivity contribution >= 4 is 66.6 Å². The molecule has 1 saturated heterocycles. The standard InChI is InChI=1S/C16H19N5OS.3ClH/c22-16(18-6-9-20-7-4-17-5-8-20)13-10-12-11-19-14-2-1-3-15(23-13)21(12)14;;;/h1-3,10-11,17H,4-9H2,(H,18,22);3*1H. The molecule has 0 atom stereocenters. The van der Waals surface area contributed by atoms with Crippen LogP contribution in [0.25, 0.3) is 11.7 Å². The fraction of sp³-hybridized carbons (Fsp3) is 0.375. The highest BCUT2D eigenvalue weighted by Gasteiger charge is 2.20. The van der Waals surface area contributed by atoms with Crippen LogP contribution >= 0.6 is 49.0 Å². The van der Waals surface area contributed by atoms with E-state index >= 15 is 0 Å². The van der Waals surface area contributed by atoms with Crippen molar-refractivity contribution in [2.75, 3.05) is 39.3 Å². The number of nitrogens with one attached hydrogen (secondary N) is 2. The summed E-state index contributed by atoms with van der Waals surface area (Å²) in [5.41, 5.74) is 1.88. The molecule has 2 aliphatic heterocycles. The smallest absolute Gasteiger partial charge is 0.258 e. The van der Waals surface area contributed by atoms with Crippen LogP contribution in [0.3, 0.4) is 0 Å². The predicted molar refractivity (Wildman–Crippen MR) is 113 cm³/mol. The van der Waals surface area contributed by atoms with Gasteiger partial charge in [-0.25, -0.2) is 4.98 Å². The highest BCUT2D eigenvalue weighted by atomic mass is 35.5. The van der Waals surface area contributed by atoms with Crippen LogP contribution in [-0.4, -0.2) is 59.5 Å². The lowest BCUT2D eigenvalue weighted by Crippen LogP contribution is -2.46. The van der Waals surface area contributed by atoms with Gasteiger partial charge in [-0.05, 0) is 18.2 Å². The Morgan fingerprint density at radius 1 is 1.23 bits per heavy atom. The van der Waals surface area contributed by atoms with Crippen molar-refractivity contribution in [1.29, 1.82) is 0 Å². The first-order valence-electron chi connectivity index (χ1n) is 7.88. The highest BCUT2D eigenvalue weighted by Crippen LogP contribution is 2.34. The maximum Gasteiger partial charge on any atom is 0.258 e. The lowest BCUT2D eigenvalue weighted by Gasteiger charge is -2.27. The number of halogens is 3. The summed E-state index contributed by atoms with van der Waals surface area (Å²) in [6, 6.07) is 5.96. The maximum absolute atomic E-state index is 12.4. The van der Waals surface area contributed by atoms with Crippen molar-refractivity contribution in [3.05, 3.63) is 35.0 Å². The molecule has 26 heavy (non-hydrogen) atoms. The summed E-state index contributed by atoms with van der Waals surface area (Å²) >= 11 is 1.50. The molecule has 1 fully saturated rings. The minimum Gasteiger partial charge on any atom is -0.350 e. The number of thioether (sulfide) groups is 1. The molecule has 1 amide bonds. The SMILES string of the molecule is Cl.Cl.Cl.O=C(NCCN1CCNCC1)C1=Cc2cnc3cccc(n23)S1. The second kappa shape index (κ2) is 10.4. The van der Waals surface area contributed by atoms with Crippen LogP contribution in [0.15, 0.2) is 34.3 Å². The summed E-state index contributed by atoms with van der Waals surface area (Å²) < 4.78 is 2.07. The van der Waals surface area contributed by atoms with Crippen LogP contribution in [0.4, 0.5) is 0 Å². The Balaban J connectivity index is 0.00000113. The molecule has 4 heterocycles. The Morgan fingerprint density at radius 2 is 2.00 bits per heavy atom. The topological polar surface area (TPSA) is 61.7 Å². The summed E-state index contributed by atoms with van der Waals surface area (Å²) in [5.74, 6) is -0.00501. The van der Waals surface area contributed by atoms with Gasteiger partial charge in [0.25, 0.3) is 5.91 Å². The predicted octanol–water partition coefficient (Wildman–Crippen LogP) is 2.07. The van der Waals surface area contributed by atoms with Crippen LogP contribution in [0.5, 0.6) is 0 Å². The van der Waals surface area contributed by atoms with Gasteiger partial charge in [0, 0.05) is 39.3 Å². The van der Waals surface area contributed by atoms with E-state index < -0.39 is 0 Å². The van der Waals surface area contributed by atoms with Crippen molar-refractivity contribution in [2.45, 2.75) is 5.03 Å². The average Bonchev–Trinajstić information content (AvgIpc) is 3.01. The Hall–Kier alpha value is -0.960. The third-order valence-electron chi connectivity index (χ3n) is 4.16. The van der Waals surface area contributed by atoms with Crippen LogP contribution in [0.1, 0.15) is 5.69 Å². The van der Waals surface area contributed by atoms with Gasteiger partial charge in [-0.3, -0.25) is 14.1 Å². The third-order valence-corrected chi connectivity index (χ3v) is 5.21. The van der Waals surface area contributed by atoms with Gasteiger partial charge >= 0.3 is 0 Å². The molecule has 2 aromatic rings. The van der Waals surface area contributed by atoms with Crippen molar-refractivity contribution in [2.24, 2.45) is 0 Å². The Labute approximate surface area is 175 Å². The largest absolute Gasteiger partial charge is 0.350 e. The fourth-order valence-corrected chi connectivity index (χ4v) is 3.95. The van der Waals surface area contributed by atoms with Gasteiger partial charge in [-0.2, -0.15) is 0 Å². The van der Waals surface area contributed by atoms with E-state index in [9.17, 15) is 4.79 Å². The van der Waals surface area contributed by atoms with Crippen LogP contribution < -0.4 is 10.6 Å². The Kier molecular flexibility index (Phi) is 9.23. The number of carbonyl (C=O) groups excluding carboxylic acids is 1. The van der Waals surface area contributed by atoms with Crippen molar-refractivity contribution in [1.82, 2.24) is 24.9 Å². The number of amides is 1. The summed E-state index contributed by atoms with van der Waals surface area (Å²) in [4.78, 5) is 19.9. The van der Waals surface area contributed by atoms with E-state index in [-0.39, 0.29) is 43.1 Å². The monoisotopic (exact) mass is 437 g/mol. The minimum atomic E-state index is -0.00501. The number of rotatable bonds is 4. The molecule has 6 nitrogen and oxygen atoms in total. The Bertz CT molecular complexity index is 776. The summed E-state index contributed by atoms with van der Waals surface area (Å²) in [6.07, 6.45) is 3.73. The number of aromatic nitrogens is 2. The summed E-state index contributed by atoms with van der Waals surface area (Å²) in [5, 5.41) is 7.40. The van der Waals surface area contributed by atoms with Gasteiger partial charge in [0.2, 0.25) is 0 Å². The molecule has 0 aliphatic carbocycles. The number of pyridine rings is 1. The first kappa shape index (κ1) is 23.1. The molecule has 0 saturated carbocycles. The van der Waals surface area contributed by atoms with Gasteiger partial charge < -0.3 is 10.6 Å². The molecule has 0 spiro atoms. The summed E-state index contributed by atoms with van der Waals surface area (Å²) in [6.45, 7) is 5.74. The van der Waals surface area contributed by atoms with E-state index in [1.165, 1.54) is 11.8 Å². The van der Waals surface area contributed by atoms with Crippen molar-refractivity contribution in [3.8, 4) is 0 Å². The van der Waals surface area contributed by atoms with Crippen LogP contribution in [-0.2, 0) is 4.79 Å². The molecular weight excluding hydrogens is 417 g/mol. The van der Waals surface area contributed by atoms with E-state index in [4.69, 9.17) is 0 Å². The van der Waals surface area contributed by atoms with Crippen LogP contribution in [0.2, 0.25) is 0 Å². The van der Waals surface area contributed by atoms with Gasteiger partial charge in [-0.15, -0.1) is 37.2 Å². The third kappa shape index (κ3) is 4.85. The normalized spacial score (nSPS) is 15.9. The molecule has 2 aromatic heterocycles. The molecule has 0 aromatic carbocycles. The van der Waals surface area contributed by atoms with Crippen molar-refractivity contribution in [3.63, 3.8) is 0 Å². The number of carbonyl (C=O) groups is 1. The lowest BCUT2D eigenvalue weighted by atomic mass is 10.3. The first-order chi connectivity index (χ1) is 11.3. The lowest BCUT2D eigenvalue weighted by molar-refractivity contribution is -0.116. The molecule has 2 N–H and O–H groups in total. The zero-order valence-corrected chi connectivity index (χ0v) is 17.3. The number of hydrogen-bond acceptors (Lipinski definition) is 5. The fourth-order valence-electron chi connectivity index (χ4n) is 2.95. The highest BCUT2D eigenvalue weighted by molar-refractivity contribution is 8.04. The quantitative estimate of drug-likeness (QED) is 0.765. The summed E-state index contributed by atoms with van der Waals surface area (Å²) in [7, 11) is 0. The van der Waals surface area contributed by atoms with Gasteiger partial charge in [0.1, 0.15) is 5.65 Å². The zero-order chi connectivity index (χ0) is 15.6. The molecule has 0 unspecified atom stereocenters. The number of nitrogens with zero attached hydrogens (tertiary/aromatic N) is 3. The molecule has 0 bridgehead atoms. The second-order valence-electron chi connectivity index (χ2n) is 5.70. The number of hydrogen-bond donors (Lipinski definition) is 2. The molecule has 144 valence electrons. The Morgan fingerprint density at radius 3 is 2.77 bits per heavy atom. The van der Waals surface area contributed by atoms with Gasteiger partial charge in [-0.1, -0.05) is 17.8 Å². The van der Waals surface area contributed by atoms with E-state index in [1.807, 2.05) is 30.5 Å². The average molecular weight is 439 g/mol. The first-order valence-corrected chi connectivity index (χ1v) is 8.70. The molecule has 2 aliphatic rings. The second-order valence-corrected chi connectivity index (χ2v) is 6.76. The zero-order valence-electron chi connectivity index (χ0n) is 14.0. The minimum absolute atomic E-state index is 0. The van der Waals surface area contributed by atoms with Crippen LogP contribution in [0, 0.1) is 0 Å². The molecular formula is C16H22Cl3N5OS. The van der Waals surface area contributed by atoms with E-state index in [0.717, 1.165) is 54.0 Å². The van der Waals surface area contributed by atoms with Crippen molar-refractivity contribution < 1.29 is 4.79 Å². The van der Waals surface area contributed by atoms with Gasteiger partial charge in [0.15, 0.2) is 0 Å². The molecule has 4 rings (SSSR count). The maximum atomic E-state index is 12.4. The van der Waals surface area contributed by atoms with E-state index in [2.05, 4.69) is 24.9 Å². The van der Waals surface area contributed by atoms with Gasteiger partial charge in [0.05, 0.1) is 21.8 Å². The van der Waals surface area contributed by atoms with E-state index in [0.29, 0.717) is 6.54 Å². The molecule has 0 radical (unpaired) electrons. The number of imidazole rings is 1. The number of piperazine rings is 1.